The molecule has 3 rings (SSSR count). The van der Waals surface area contributed by atoms with Crippen LogP contribution in [0.5, 0.6) is 0 Å². The van der Waals surface area contributed by atoms with Crippen LogP contribution >= 0.6 is 0 Å². The number of aromatic amines is 1. The average molecular weight is 373 g/mol. The third-order valence-electron chi connectivity index (χ3n) is 6.11. The molecule has 1 aliphatic heterocycles. The zero-order valence-corrected chi connectivity index (χ0v) is 17.5. The fraction of sp³-hybridized carbons (Fsp3) is 0.682. The second-order valence-electron chi connectivity index (χ2n) is 8.36. The number of benzene rings is 1. The molecule has 1 atom stereocenters. The topological polar surface area (TPSA) is 44.3 Å². The molecule has 0 amide bonds. The first-order valence-corrected chi connectivity index (χ1v) is 10.7. The van der Waals surface area contributed by atoms with Crippen molar-refractivity contribution in [1.29, 1.82) is 0 Å². The molecule has 27 heavy (non-hydrogen) atoms. The number of aromatic nitrogens is 2. The summed E-state index contributed by atoms with van der Waals surface area (Å²) < 4.78 is 1.70. The van der Waals surface area contributed by atoms with E-state index in [1.165, 1.54) is 37.8 Å². The summed E-state index contributed by atoms with van der Waals surface area (Å²) in [4.78, 5) is 19.9. The quantitative estimate of drug-likeness (QED) is 0.770. The molecule has 2 heterocycles. The van der Waals surface area contributed by atoms with Crippen molar-refractivity contribution in [1.82, 2.24) is 19.4 Å². The lowest BCUT2D eigenvalue weighted by Gasteiger charge is -2.41. The first-order chi connectivity index (χ1) is 13.0. The van der Waals surface area contributed by atoms with Gasteiger partial charge in [0, 0.05) is 45.8 Å². The van der Waals surface area contributed by atoms with E-state index in [2.05, 4.69) is 47.7 Å². The van der Waals surface area contributed by atoms with E-state index >= 15 is 0 Å². The summed E-state index contributed by atoms with van der Waals surface area (Å²) in [5.74, 6) is 0.853. The van der Waals surface area contributed by atoms with E-state index in [1.807, 2.05) is 13.1 Å². The lowest BCUT2D eigenvalue weighted by molar-refractivity contribution is 0.0637. The van der Waals surface area contributed by atoms with Gasteiger partial charge in [0.25, 0.3) is 0 Å². The number of nitrogens with one attached hydrogen (secondary N) is 1. The summed E-state index contributed by atoms with van der Waals surface area (Å²) in [6, 6.07) is 6.94. The maximum Gasteiger partial charge on any atom is 0.326 e. The molecule has 5 heteroatoms. The second kappa shape index (κ2) is 9.07. The molecule has 150 valence electrons. The van der Waals surface area contributed by atoms with Crippen molar-refractivity contribution in [2.45, 2.75) is 59.0 Å². The summed E-state index contributed by atoms with van der Waals surface area (Å²) >= 11 is 0. The van der Waals surface area contributed by atoms with Crippen molar-refractivity contribution in [3.63, 3.8) is 0 Å². The van der Waals surface area contributed by atoms with E-state index < -0.39 is 0 Å². The van der Waals surface area contributed by atoms with Crippen molar-refractivity contribution in [2.24, 2.45) is 13.0 Å². The van der Waals surface area contributed by atoms with Gasteiger partial charge in [-0.1, -0.05) is 32.8 Å². The Labute approximate surface area is 163 Å². The van der Waals surface area contributed by atoms with Crippen LogP contribution in [0.1, 0.15) is 52.0 Å². The summed E-state index contributed by atoms with van der Waals surface area (Å²) in [6.45, 7) is 12.6. The minimum Gasteiger partial charge on any atom is -0.306 e. The smallest absolute Gasteiger partial charge is 0.306 e. The minimum absolute atomic E-state index is 0.0434. The molecule has 0 radical (unpaired) electrons. The van der Waals surface area contributed by atoms with Crippen LogP contribution in [0.4, 0.5) is 0 Å². The number of fused-ring (bicyclic) bond motifs is 1. The van der Waals surface area contributed by atoms with E-state index in [0.29, 0.717) is 6.04 Å². The molecule has 2 aromatic rings. The molecule has 0 bridgehead atoms. The third-order valence-corrected chi connectivity index (χ3v) is 6.11. The van der Waals surface area contributed by atoms with Crippen molar-refractivity contribution in [2.75, 3.05) is 26.2 Å². The highest BCUT2D eigenvalue weighted by Gasteiger charge is 2.25. The molecule has 0 saturated carbocycles. The van der Waals surface area contributed by atoms with Gasteiger partial charge < -0.3 is 4.98 Å². The molecule has 0 aliphatic carbocycles. The number of piperazine rings is 1. The largest absolute Gasteiger partial charge is 0.326 e. The van der Waals surface area contributed by atoms with Crippen molar-refractivity contribution in [3.05, 3.63) is 34.2 Å². The van der Waals surface area contributed by atoms with Gasteiger partial charge in [-0.2, -0.15) is 0 Å². The maximum atomic E-state index is 11.8. The van der Waals surface area contributed by atoms with Crippen LogP contribution in [0.15, 0.2) is 23.0 Å². The lowest BCUT2D eigenvalue weighted by atomic mass is 9.96. The van der Waals surface area contributed by atoms with Crippen LogP contribution in [0.3, 0.4) is 0 Å². The average Bonchev–Trinajstić information content (AvgIpc) is 2.92. The Morgan fingerprint density at radius 2 is 1.93 bits per heavy atom. The number of hydrogen-bond donors (Lipinski definition) is 1. The van der Waals surface area contributed by atoms with Gasteiger partial charge in [-0.15, -0.1) is 0 Å². The van der Waals surface area contributed by atoms with E-state index in [4.69, 9.17) is 0 Å². The molecule has 1 unspecified atom stereocenters. The van der Waals surface area contributed by atoms with E-state index in [1.54, 1.807) is 4.57 Å². The number of imidazole rings is 1. The minimum atomic E-state index is -0.0434. The van der Waals surface area contributed by atoms with Crippen LogP contribution < -0.4 is 5.69 Å². The van der Waals surface area contributed by atoms with E-state index in [-0.39, 0.29) is 5.69 Å². The highest BCUT2D eigenvalue weighted by molar-refractivity contribution is 5.75. The van der Waals surface area contributed by atoms with E-state index in [0.717, 1.165) is 43.1 Å². The van der Waals surface area contributed by atoms with Crippen molar-refractivity contribution >= 4 is 11.0 Å². The fourth-order valence-electron chi connectivity index (χ4n) is 4.59. The van der Waals surface area contributed by atoms with Crippen molar-refractivity contribution in [3.8, 4) is 0 Å². The normalized spacial score (nSPS) is 19.4. The molecular formula is C22H36N4O. The molecule has 0 spiro atoms. The van der Waals surface area contributed by atoms with Gasteiger partial charge in [0.15, 0.2) is 0 Å². The summed E-state index contributed by atoms with van der Waals surface area (Å²) in [5, 5.41) is 0. The summed E-state index contributed by atoms with van der Waals surface area (Å²) in [6.07, 6.45) is 5.30. The Bertz CT molecular complexity index is 787. The number of hydrogen-bond acceptors (Lipinski definition) is 3. The molecule has 1 aromatic heterocycles. The summed E-state index contributed by atoms with van der Waals surface area (Å²) in [5.41, 5.74) is 3.15. The van der Waals surface area contributed by atoms with Crippen LogP contribution in [0.25, 0.3) is 11.0 Å². The van der Waals surface area contributed by atoms with Crippen LogP contribution in [0, 0.1) is 5.92 Å². The van der Waals surface area contributed by atoms with Gasteiger partial charge in [0.1, 0.15) is 0 Å². The van der Waals surface area contributed by atoms with E-state index in [9.17, 15) is 4.79 Å². The number of nitrogens with zero attached hydrogens (tertiary/aromatic N) is 3. The molecule has 1 aliphatic rings. The van der Waals surface area contributed by atoms with Gasteiger partial charge in [-0.25, -0.2) is 4.79 Å². The second-order valence-corrected chi connectivity index (χ2v) is 8.36. The molecule has 1 N–H and O–H groups in total. The van der Waals surface area contributed by atoms with Crippen molar-refractivity contribution < 1.29 is 0 Å². The predicted octanol–water partition coefficient (Wildman–Crippen LogP) is 3.59. The highest BCUT2D eigenvalue weighted by atomic mass is 16.1. The van der Waals surface area contributed by atoms with Gasteiger partial charge in [-0.3, -0.25) is 14.4 Å². The Hall–Kier alpha value is -1.59. The highest BCUT2D eigenvalue weighted by Crippen LogP contribution is 2.20. The zero-order chi connectivity index (χ0) is 19.4. The van der Waals surface area contributed by atoms with Gasteiger partial charge in [0.05, 0.1) is 11.0 Å². The molecule has 1 fully saturated rings. The summed E-state index contributed by atoms with van der Waals surface area (Å²) in [7, 11) is 1.83. The lowest BCUT2D eigenvalue weighted by Crippen LogP contribution is -2.52. The Morgan fingerprint density at radius 3 is 2.59 bits per heavy atom. The van der Waals surface area contributed by atoms with Crippen LogP contribution in [-0.4, -0.2) is 51.6 Å². The van der Waals surface area contributed by atoms with Gasteiger partial charge >= 0.3 is 5.69 Å². The molecular weight excluding hydrogens is 336 g/mol. The molecule has 1 aromatic carbocycles. The first kappa shape index (κ1) is 20.2. The standard InChI is InChI=1S/C22H36N4O/c1-5-7-18(8-6-2)16-26-12-11-25(14-17(26)3)15-19-9-10-20-21(13-19)24(4)22(27)23-20/h9-10,13,17-18H,5-8,11-12,14-16H2,1-4H3,(H,23,27). The zero-order valence-electron chi connectivity index (χ0n) is 17.5. The van der Waals surface area contributed by atoms with Gasteiger partial charge in [0.2, 0.25) is 0 Å². The SMILES string of the molecule is CCCC(CCC)CN1CCN(Cc2ccc3[nH]c(=O)n(C)c3c2)CC1C. The fourth-order valence-corrected chi connectivity index (χ4v) is 4.59. The number of rotatable bonds is 8. The number of H-pyrrole nitrogens is 1. The van der Waals surface area contributed by atoms with Crippen LogP contribution in [0.2, 0.25) is 0 Å². The predicted molar refractivity (Wildman–Crippen MR) is 113 cm³/mol. The number of aryl methyl sites for hydroxylation is 1. The van der Waals surface area contributed by atoms with Gasteiger partial charge in [-0.05, 0) is 43.4 Å². The molecule has 5 nitrogen and oxygen atoms in total. The maximum absolute atomic E-state index is 11.8. The molecule has 1 saturated heterocycles. The first-order valence-electron chi connectivity index (χ1n) is 10.7. The third kappa shape index (κ3) is 4.82. The Morgan fingerprint density at radius 1 is 1.19 bits per heavy atom. The monoisotopic (exact) mass is 372 g/mol. The van der Waals surface area contributed by atoms with Crippen LogP contribution in [-0.2, 0) is 13.6 Å². The Balaban J connectivity index is 1.59. The Kier molecular flexibility index (Phi) is 6.77.